The summed E-state index contributed by atoms with van der Waals surface area (Å²) in [6.07, 6.45) is 0. The van der Waals surface area contributed by atoms with Crippen LogP contribution in [0, 0.1) is 0 Å². The zero-order chi connectivity index (χ0) is 14.7. The Hall–Kier alpha value is -1.28. The Morgan fingerprint density at radius 1 is 1.21 bits per heavy atom. The number of para-hydroxylation sites is 1. The molecule has 0 fully saturated rings. The normalized spacial score (nSPS) is 12.7. The second kappa shape index (κ2) is 5.79. The molecule has 1 rings (SSSR count). The van der Waals surface area contributed by atoms with Gasteiger partial charge in [0.25, 0.3) is 9.84 Å². The molecule has 0 saturated heterocycles. The van der Waals surface area contributed by atoms with Crippen molar-refractivity contribution in [3.05, 3.63) is 24.3 Å². The molecule has 0 aliphatic rings. The number of likely N-dealkylation sites (N-methyl/N-ethyl adjacent to an activating group) is 1. The van der Waals surface area contributed by atoms with Crippen LogP contribution < -0.4 is 5.32 Å². The fraction of sp³-hybridized carbons (Fsp3) is 0.455. The first-order chi connectivity index (χ1) is 8.66. The molecule has 0 bridgehead atoms. The molecule has 4 nitrogen and oxygen atoms in total. The first-order valence-electron chi connectivity index (χ1n) is 5.45. The van der Waals surface area contributed by atoms with Gasteiger partial charge in [0.15, 0.2) is 0 Å². The Morgan fingerprint density at radius 3 is 2.32 bits per heavy atom. The first-order valence-corrected chi connectivity index (χ1v) is 6.93. The van der Waals surface area contributed by atoms with E-state index in [0.29, 0.717) is 13.1 Å². The van der Waals surface area contributed by atoms with Crippen molar-refractivity contribution < 1.29 is 21.6 Å². The van der Waals surface area contributed by atoms with E-state index < -0.39 is 20.2 Å². The third-order valence-electron chi connectivity index (χ3n) is 2.36. The molecule has 1 N–H and O–H groups in total. The van der Waals surface area contributed by atoms with Gasteiger partial charge in [-0.3, -0.25) is 0 Å². The molecule has 1 aromatic rings. The van der Waals surface area contributed by atoms with Gasteiger partial charge >= 0.3 is 5.51 Å². The number of hydrogen-bond acceptors (Lipinski definition) is 4. The largest absolute Gasteiger partial charge is 0.501 e. The Bertz CT molecular complexity index is 527. The number of alkyl halides is 3. The van der Waals surface area contributed by atoms with Crippen LogP contribution in [0.5, 0.6) is 0 Å². The Kier molecular flexibility index (Phi) is 4.81. The maximum Gasteiger partial charge on any atom is 0.501 e. The zero-order valence-electron chi connectivity index (χ0n) is 10.5. The fourth-order valence-corrected chi connectivity index (χ4v) is 2.32. The van der Waals surface area contributed by atoms with Crippen LogP contribution in [0.2, 0.25) is 0 Å². The van der Waals surface area contributed by atoms with Crippen LogP contribution >= 0.6 is 0 Å². The number of hydrogen-bond donors (Lipinski definition) is 1. The van der Waals surface area contributed by atoms with E-state index in [-0.39, 0.29) is 5.69 Å². The molecular formula is C11H15F3N2O2S. The topological polar surface area (TPSA) is 49.4 Å². The molecule has 8 heteroatoms. The Morgan fingerprint density at radius 2 is 1.79 bits per heavy atom. The molecule has 0 saturated carbocycles. The van der Waals surface area contributed by atoms with E-state index in [4.69, 9.17) is 0 Å². The van der Waals surface area contributed by atoms with Crippen molar-refractivity contribution in [3.63, 3.8) is 0 Å². The number of anilines is 1. The van der Waals surface area contributed by atoms with Gasteiger partial charge in [-0.25, -0.2) is 8.42 Å². The second-order valence-corrected chi connectivity index (χ2v) is 6.08. The lowest BCUT2D eigenvalue weighted by Gasteiger charge is -2.15. The predicted octanol–water partition coefficient (Wildman–Crippen LogP) is 1.95. The van der Waals surface area contributed by atoms with E-state index in [9.17, 15) is 21.6 Å². The summed E-state index contributed by atoms with van der Waals surface area (Å²) in [5, 5.41) is 2.70. The number of nitrogens with one attached hydrogen (secondary N) is 1. The van der Waals surface area contributed by atoms with Crippen molar-refractivity contribution in [3.8, 4) is 0 Å². The van der Waals surface area contributed by atoms with Gasteiger partial charge in [-0.2, -0.15) is 13.2 Å². The van der Waals surface area contributed by atoms with E-state index in [1.807, 2.05) is 4.90 Å². The summed E-state index contributed by atoms with van der Waals surface area (Å²) in [5.41, 5.74) is -5.34. The molecule has 0 aromatic heterocycles. The van der Waals surface area contributed by atoms with Gasteiger partial charge in [0.1, 0.15) is 0 Å². The first kappa shape index (κ1) is 15.8. The minimum atomic E-state index is -5.33. The van der Waals surface area contributed by atoms with Crippen molar-refractivity contribution in [2.45, 2.75) is 10.4 Å². The molecule has 0 atom stereocenters. The van der Waals surface area contributed by atoms with Crippen molar-refractivity contribution in [1.29, 1.82) is 0 Å². The third-order valence-corrected chi connectivity index (χ3v) is 3.90. The lowest BCUT2D eigenvalue weighted by atomic mass is 10.3. The molecule has 108 valence electrons. The predicted molar refractivity (Wildman–Crippen MR) is 66.7 cm³/mol. The average molecular weight is 296 g/mol. The molecule has 0 heterocycles. The third kappa shape index (κ3) is 3.84. The highest BCUT2D eigenvalue weighted by Crippen LogP contribution is 2.34. The van der Waals surface area contributed by atoms with Crippen molar-refractivity contribution in [2.75, 3.05) is 32.5 Å². The highest BCUT2D eigenvalue weighted by Gasteiger charge is 2.47. The summed E-state index contributed by atoms with van der Waals surface area (Å²) in [4.78, 5) is 1.08. The van der Waals surface area contributed by atoms with Crippen LogP contribution in [0.1, 0.15) is 0 Å². The van der Waals surface area contributed by atoms with Crippen LogP contribution in [-0.2, 0) is 9.84 Å². The van der Waals surface area contributed by atoms with Gasteiger partial charge in [-0.05, 0) is 26.2 Å². The standard InChI is InChI=1S/C11H15F3N2O2S/c1-16(2)8-7-15-9-5-3-4-6-10(9)19(17,18)11(12,13)14/h3-6,15H,7-8H2,1-2H3. The highest BCUT2D eigenvalue weighted by atomic mass is 32.2. The van der Waals surface area contributed by atoms with E-state index in [1.54, 1.807) is 14.1 Å². The number of halogens is 3. The van der Waals surface area contributed by atoms with Gasteiger partial charge in [-0.15, -0.1) is 0 Å². The minimum Gasteiger partial charge on any atom is -0.383 e. The molecule has 1 aromatic carbocycles. The zero-order valence-corrected chi connectivity index (χ0v) is 11.3. The van der Waals surface area contributed by atoms with Gasteiger partial charge < -0.3 is 10.2 Å². The molecule has 19 heavy (non-hydrogen) atoms. The van der Waals surface area contributed by atoms with E-state index in [0.717, 1.165) is 6.07 Å². The average Bonchev–Trinajstić information content (AvgIpc) is 2.27. The lowest BCUT2D eigenvalue weighted by molar-refractivity contribution is -0.0435. The minimum absolute atomic E-state index is 0.0401. The van der Waals surface area contributed by atoms with Crippen molar-refractivity contribution in [1.82, 2.24) is 4.90 Å². The van der Waals surface area contributed by atoms with Crippen LogP contribution in [0.25, 0.3) is 0 Å². The summed E-state index contributed by atoms with van der Waals surface area (Å²) in [5.74, 6) is 0. The number of benzene rings is 1. The Balaban J connectivity index is 3.03. The summed E-state index contributed by atoms with van der Waals surface area (Å²) < 4.78 is 60.4. The second-order valence-electron chi connectivity index (χ2n) is 4.18. The van der Waals surface area contributed by atoms with Gasteiger partial charge in [-0.1, -0.05) is 12.1 Å². The van der Waals surface area contributed by atoms with Gasteiger partial charge in [0.05, 0.1) is 10.6 Å². The van der Waals surface area contributed by atoms with Gasteiger partial charge in [0.2, 0.25) is 0 Å². The van der Waals surface area contributed by atoms with Gasteiger partial charge in [0, 0.05) is 13.1 Å². The highest BCUT2D eigenvalue weighted by molar-refractivity contribution is 7.92. The maximum absolute atomic E-state index is 12.5. The maximum atomic E-state index is 12.5. The Labute approximate surface area is 110 Å². The SMILES string of the molecule is CN(C)CCNc1ccccc1S(=O)(=O)C(F)(F)F. The molecule has 0 amide bonds. The molecular weight excluding hydrogens is 281 g/mol. The summed E-state index contributed by atoms with van der Waals surface area (Å²) >= 11 is 0. The lowest BCUT2D eigenvalue weighted by Crippen LogP contribution is -2.25. The summed E-state index contributed by atoms with van der Waals surface area (Å²) in [6.45, 7) is 0.914. The van der Waals surface area contributed by atoms with Crippen molar-refractivity contribution in [2.24, 2.45) is 0 Å². The number of nitrogens with zero attached hydrogens (tertiary/aromatic N) is 1. The van der Waals surface area contributed by atoms with Crippen LogP contribution in [0.15, 0.2) is 29.2 Å². The monoisotopic (exact) mass is 296 g/mol. The molecule has 0 aliphatic heterocycles. The molecule has 0 radical (unpaired) electrons. The van der Waals surface area contributed by atoms with Crippen LogP contribution in [0.4, 0.5) is 18.9 Å². The molecule has 0 unspecified atom stereocenters. The quantitative estimate of drug-likeness (QED) is 0.902. The summed E-state index contributed by atoms with van der Waals surface area (Å²) in [7, 11) is -1.72. The molecule has 0 aliphatic carbocycles. The number of rotatable bonds is 5. The van der Waals surface area contributed by atoms with E-state index in [2.05, 4.69) is 5.32 Å². The molecule has 0 spiro atoms. The van der Waals surface area contributed by atoms with Crippen LogP contribution in [-0.4, -0.2) is 46.0 Å². The summed E-state index contributed by atoms with van der Waals surface area (Å²) in [6, 6.07) is 5.00. The smallest absolute Gasteiger partial charge is 0.383 e. The van der Waals surface area contributed by atoms with Crippen LogP contribution in [0.3, 0.4) is 0 Å². The number of sulfone groups is 1. The van der Waals surface area contributed by atoms with E-state index in [1.165, 1.54) is 18.2 Å². The van der Waals surface area contributed by atoms with Crippen molar-refractivity contribution >= 4 is 15.5 Å². The van der Waals surface area contributed by atoms with E-state index >= 15 is 0 Å². The fourth-order valence-electron chi connectivity index (χ4n) is 1.39.